The lowest BCUT2D eigenvalue weighted by Gasteiger charge is -2.48. The van der Waals surface area contributed by atoms with E-state index in [4.69, 9.17) is 14.2 Å². The van der Waals surface area contributed by atoms with E-state index in [-0.39, 0.29) is 24.4 Å². The fraction of sp³-hybridized carbons (Fsp3) is 0.444. The number of likely N-dealkylation sites (tertiary alicyclic amines) is 1. The molecule has 0 amide bonds. The number of hydrogen-bond acceptors (Lipinski definition) is 4. The van der Waals surface area contributed by atoms with Crippen LogP contribution in [0.5, 0.6) is 0 Å². The molecule has 2 fully saturated rings. The van der Waals surface area contributed by atoms with Gasteiger partial charge in [-0.05, 0) is 61.1 Å². The van der Waals surface area contributed by atoms with Gasteiger partial charge in [-0.15, -0.1) is 6.58 Å². The van der Waals surface area contributed by atoms with Crippen molar-refractivity contribution >= 4 is 0 Å². The maximum Gasteiger partial charge on any atom is 0.113 e. The summed E-state index contributed by atoms with van der Waals surface area (Å²) >= 11 is 0. The number of piperidine rings is 1. The highest BCUT2D eigenvalue weighted by molar-refractivity contribution is 5.16. The zero-order valence-electron chi connectivity index (χ0n) is 23.9. The van der Waals surface area contributed by atoms with Crippen molar-refractivity contribution in [2.75, 3.05) is 13.1 Å². The Morgan fingerprint density at radius 3 is 1.65 bits per heavy atom. The van der Waals surface area contributed by atoms with Crippen molar-refractivity contribution in [2.24, 2.45) is 11.8 Å². The van der Waals surface area contributed by atoms with E-state index in [2.05, 4.69) is 103 Å². The summed E-state index contributed by atoms with van der Waals surface area (Å²) in [5.41, 5.74) is 3.53. The van der Waals surface area contributed by atoms with Crippen molar-refractivity contribution < 1.29 is 14.2 Å². The summed E-state index contributed by atoms with van der Waals surface area (Å²) < 4.78 is 20.2. The molecule has 0 spiro atoms. The van der Waals surface area contributed by atoms with Crippen molar-refractivity contribution in [1.29, 1.82) is 0 Å². The predicted molar refractivity (Wildman–Crippen MR) is 162 cm³/mol. The molecule has 0 bridgehead atoms. The molecule has 40 heavy (non-hydrogen) atoms. The lowest BCUT2D eigenvalue weighted by Crippen LogP contribution is -2.63. The molecule has 4 atom stereocenters. The Kier molecular flexibility index (Phi) is 10.6. The number of allylic oxidation sites excluding steroid dienone is 1. The van der Waals surface area contributed by atoms with Gasteiger partial charge < -0.3 is 14.2 Å². The zero-order chi connectivity index (χ0) is 27.6. The Bertz CT molecular complexity index is 1130. The average molecular weight is 540 g/mol. The SMILES string of the molecule is C=CC1CCC(CN2C[C@H](OCc3ccccc3)[C@@H](OCc3ccccc3)[C@H](OCc3ccccc3)[C@H]2C)CC1. The van der Waals surface area contributed by atoms with E-state index in [9.17, 15) is 0 Å². The molecule has 4 heteroatoms. The van der Waals surface area contributed by atoms with E-state index >= 15 is 0 Å². The molecular weight excluding hydrogens is 494 g/mol. The molecule has 1 saturated carbocycles. The highest BCUT2D eigenvalue weighted by Gasteiger charge is 2.44. The summed E-state index contributed by atoms with van der Waals surface area (Å²) in [5, 5.41) is 0. The average Bonchev–Trinajstić information content (AvgIpc) is 3.01. The topological polar surface area (TPSA) is 30.9 Å². The molecule has 5 rings (SSSR count). The van der Waals surface area contributed by atoms with Gasteiger partial charge in [-0.25, -0.2) is 0 Å². The van der Waals surface area contributed by atoms with Crippen LogP contribution in [0.1, 0.15) is 49.3 Å². The van der Waals surface area contributed by atoms with Crippen LogP contribution in [0.25, 0.3) is 0 Å². The quantitative estimate of drug-likeness (QED) is 0.224. The number of nitrogens with zero attached hydrogens (tertiary/aromatic N) is 1. The van der Waals surface area contributed by atoms with Crippen molar-refractivity contribution in [3.8, 4) is 0 Å². The third kappa shape index (κ3) is 7.92. The summed E-state index contributed by atoms with van der Waals surface area (Å²) in [5.74, 6) is 1.37. The van der Waals surface area contributed by atoms with E-state index in [1.807, 2.05) is 12.1 Å². The third-order valence-corrected chi connectivity index (χ3v) is 8.75. The fourth-order valence-corrected chi connectivity index (χ4v) is 6.27. The van der Waals surface area contributed by atoms with E-state index < -0.39 is 0 Å². The van der Waals surface area contributed by atoms with E-state index in [1.54, 1.807) is 0 Å². The van der Waals surface area contributed by atoms with Crippen molar-refractivity contribution in [3.63, 3.8) is 0 Å². The van der Waals surface area contributed by atoms with Crippen LogP contribution in [-0.2, 0) is 34.0 Å². The van der Waals surface area contributed by atoms with Crippen LogP contribution in [0.2, 0.25) is 0 Å². The van der Waals surface area contributed by atoms with Gasteiger partial charge in [-0.3, -0.25) is 4.90 Å². The maximum absolute atomic E-state index is 6.76. The summed E-state index contributed by atoms with van der Waals surface area (Å²) in [4.78, 5) is 2.62. The molecule has 1 aliphatic carbocycles. The number of rotatable bonds is 12. The molecule has 1 saturated heterocycles. The monoisotopic (exact) mass is 539 g/mol. The van der Waals surface area contributed by atoms with Crippen LogP contribution >= 0.6 is 0 Å². The summed E-state index contributed by atoms with van der Waals surface area (Å²) in [6.07, 6.45) is 6.80. The van der Waals surface area contributed by atoms with Gasteiger partial charge in [0.05, 0.1) is 25.9 Å². The van der Waals surface area contributed by atoms with Gasteiger partial charge in [0.15, 0.2) is 0 Å². The van der Waals surface area contributed by atoms with Gasteiger partial charge in [0.2, 0.25) is 0 Å². The minimum Gasteiger partial charge on any atom is -0.369 e. The molecule has 4 nitrogen and oxygen atoms in total. The van der Waals surface area contributed by atoms with Gasteiger partial charge in [0.25, 0.3) is 0 Å². The first-order chi connectivity index (χ1) is 19.7. The Labute approximate surface area is 241 Å². The molecule has 212 valence electrons. The normalized spacial score (nSPS) is 27.3. The van der Waals surface area contributed by atoms with E-state index in [1.165, 1.54) is 42.4 Å². The minimum absolute atomic E-state index is 0.0922. The number of hydrogen-bond donors (Lipinski definition) is 0. The molecule has 3 aromatic rings. The second kappa shape index (κ2) is 14.7. The first kappa shape index (κ1) is 28.8. The van der Waals surface area contributed by atoms with Gasteiger partial charge in [-0.2, -0.15) is 0 Å². The second-order valence-electron chi connectivity index (χ2n) is 11.6. The summed E-state index contributed by atoms with van der Waals surface area (Å²) in [6.45, 7) is 9.94. The van der Waals surface area contributed by atoms with Crippen LogP contribution in [0.4, 0.5) is 0 Å². The number of benzene rings is 3. The van der Waals surface area contributed by atoms with E-state index in [0.717, 1.165) is 13.1 Å². The molecule has 0 N–H and O–H groups in total. The Morgan fingerprint density at radius 1 is 0.675 bits per heavy atom. The van der Waals surface area contributed by atoms with Gasteiger partial charge in [-0.1, -0.05) is 97.1 Å². The second-order valence-corrected chi connectivity index (χ2v) is 11.6. The van der Waals surface area contributed by atoms with Crippen LogP contribution in [0, 0.1) is 11.8 Å². The molecular formula is C36H45NO3. The first-order valence-electron chi connectivity index (χ1n) is 15.0. The Morgan fingerprint density at radius 2 is 1.15 bits per heavy atom. The molecule has 1 aliphatic heterocycles. The minimum atomic E-state index is -0.171. The van der Waals surface area contributed by atoms with Crippen LogP contribution in [0.3, 0.4) is 0 Å². The van der Waals surface area contributed by atoms with Gasteiger partial charge >= 0.3 is 0 Å². The fourth-order valence-electron chi connectivity index (χ4n) is 6.27. The molecule has 3 aromatic carbocycles. The Hall–Kier alpha value is -2.76. The summed E-state index contributed by atoms with van der Waals surface area (Å²) in [7, 11) is 0. The smallest absolute Gasteiger partial charge is 0.113 e. The molecule has 1 heterocycles. The standard InChI is InChI=1S/C36H45NO3/c1-3-29-19-21-30(22-20-29)23-37-24-34(38-25-31-13-7-4-8-14-31)36(40-27-33-17-11-6-12-18-33)35(28(37)2)39-26-32-15-9-5-10-16-32/h3-18,28-30,34-36H,1,19-27H2,2H3/t28-,29?,30?,34+,35-,36-/m1/s1. The van der Waals surface area contributed by atoms with Gasteiger partial charge in [0.1, 0.15) is 12.2 Å². The molecule has 0 radical (unpaired) electrons. The largest absolute Gasteiger partial charge is 0.369 e. The highest BCUT2D eigenvalue weighted by Crippen LogP contribution is 2.33. The van der Waals surface area contributed by atoms with Crippen LogP contribution < -0.4 is 0 Å². The lowest BCUT2D eigenvalue weighted by molar-refractivity contribution is -0.202. The van der Waals surface area contributed by atoms with Crippen molar-refractivity contribution in [3.05, 3.63) is 120 Å². The van der Waals surface area contributed by atoms with Crippen molar-refractivity contribution in [1.82, 2.24) is 4.90 Å². The van der Waals surface area contributed by atoms with Crippen LogP contribution in [0.15, 0.2) is 104 Å². The third-order valence-electron chi connectivity index (χ3n) is 8.75. The predicted octanol–water partition coefficient (Wildman–Crippen LogP) is 7.44. The molecule has 0 unspecified atom stereocenters. The maximum atomic E-state index is 6.76. The highest BCUT2D eigenvalue weighted by atomic mass is 16.6. The zero-order valence-corrected chi connectivity index (χ0v) is 23.9. The Balaban J connectivity index is 1.36. The lowest BCUT2D eigenvalue weighted by atomic mass is 9.81. The summed E-state index contributed by atoms with van der Waals surface area (Å²) in [6, 6.07) is 31.6. The van der Waals surface area contributed by atoms with Gasteiger partial charge in [0, 0.05) is 19.1 Å². The molecule has 2 aliphatic rings. The van der Waals surface area contributed by atoms with E-state index in [0.29, 0.717) is 31.7 Å². The molecule has 0 aromatic heterocycles. The first-order valence-corrected chi connectivity index (χ1v) is 15.0. The number of ether oxygens (including phenoxy) is 3. The van der Waals surface area contributed by atoms with Crippen LogP contribution in [-0.4, -0.2) is 42.3 Å². The van der Waals surface area contributed by atoms with Crippen molar-refractivity contribution in [2.45, 2.75) is 76.8 Å².